The predicted molar refractivity (Wildman–Crippen MR) is 108 cm³/mol. The highest BCUT2D eigenvalue weighted by atomic mass is 16.2. The van der Waals surface area contributed by atoms with Crippen LogP contribution in [0.15, 0.2) is 18.2 Å². The van der Waals surface area contributed by atoms with Crippen LogP contribution < -0.4 is 5.32 Å². The standard InChI is InChI=1S/C21H32N4O2/c1-16-11-17(2)13-18(12-16)22-19(26)14-20(27)25-10-9-24(4)21(15-25)5-7-23(3)8-6-21/h11-13H,5-10,14-15H2,1-4H3,(H,22,26). The van der Waals surface area contributed by atoms with Gasteiger partial charge in [0, 0.05) is 30.9 Å². The molecule has 6 heteroatoms. The van der Waals surface area contributed by atoms with Crippen molar-refractivity contribution < 1.29 is 9.59 Å². The van der Waals surface area contributed by atoms with Crippen molar-refractivity contribution in [1.82, 2.24) is 14.7 Å². The summed E-state index contributed by atoms with van der Waals surface area (Å²) >= 11 is 0. The highest BCUT2D eigenvalue weighted by Crippen LogP contribution is 2.31. The molecule has 2 saturated heterocycles. The number of likely N-dealkylation sites (N-methyl/N-ethyl adjacent to an activating group) is 1. The Morgan fingerprint density at radius 3 is 2.26 bits per heavy atom. The summed E-state index contributed by atoms with van der Waals surface area (Å²) in [7, 11) is 4.32. The maximum Gasteiger partial charge on any atom is 0.233 e. The number of aryl methyl sites for hydroxylation is 2. The van der Waals surface area contributed by atoms with Gasteiger partial charge in [0.15, 0.2) is 0 Å². The summed E-state index contributed by atoms with van der Waals surface area (Å²) in [6.45, 7) is 8.40. The van der Waals surface area contributed by atoms with Crippen molar-refractivity contribution in [2.45, 2.75) is 38.6 Å². The van der Waals surface area contributed by atoms with E-state index in [-0.39, 0.29) is 23.8 Å². The first-order chi connectivity index (χ1) is 12.8. The number of carbonyl (C=O) groups is 2. The van der Waals surface area contributed by atoms with Crippen LogP contribution in [0, 0.1) is 13.8 Å². The molecule has 0 saturated carbocycles. The van der Waals surface area contributed by atoms with Gasteiger partial charge in [-0.1, -0.05) is 6.07 Å². The third kappa shape index (κ3) is 4.68. The predicted octanol–water partition coefficient (Wildman–Crippen LogP) is 1.87. The largest absolute Gasteiger partial charge is 0.339 e. The fourth-order valence-electron chi connectivity index (χ4n) is 4.35. The molecule has 0 unspecified atom stereocenters. The highest BCUT2D eigenvalue weighted by Gasteiger charge is 2.42. The minimum atomic E-state index is -0.235. The Morgan fingerprint density at radius 1 is 1.00 bits per heavy atom. The topological polar surface area (TPSA) is 55.9 Å². The van der Waals surface area contributed by atoms with E-state index in [0.29, 0.717) is 6.54 Å². The lowest BCUT2D eigenvalue weighted by Gasteiger charge is -2.52. The van der Waals surface area contributed by atoms with Gasteiger partial charge < -0.3 is 15.1 Å². The smallest absolute Gasteiger partial charge is 0.233 e. The van der Waals surface area contributed by atoms with Crippen LogP contribution in [0.2, 0.25) is 0 Å². The number of nitrogens with one attached hydrogen (secondary N) is 1. The molecular formula is C21H32N4O2. The molecule has 0 aromatic heterocycles. The normalized spacial score (nSPS) is 20.7. The molecule has 27 heavy (non-hydrogen) atoms. The number of benzene rings is 1. The van der Waals surface area contributed by atoms with Crippen LogP contribution in [0.4, 0.5) is 5.69 Å². The number of piperidine rings is 1. The van der Waals surface area contributed by atoms with Crippen molar-refractivity contribution in [2.24, 2.45) is 0 Å². The van der Waals surface area contributed by atoms with Gasteiger partial charge in [0.05, 0.1) is 0 Å². The fraction of sp³-hybridized carbons (Fsp3) is 0.619. The van der Waals surface area contributed by atoms with E-state index in [9.17, 15) is 9.59 Å². The Bertz CT molecular complexity index is 690. The summed E-state index contributed by atoms with van der Waals surface area (Å²) < 4.78 is 0. The molecule has 6 nitrogen and oxygen atoms in total. The number of nitrogens with zero attached hydrogens (tertiary/aromatic N) is 3. The van der Waals surface area contributed by atoms with E-state index < -0.39 is 0 Å². The third-order valence-corrected chi connectivity index (χ3v) is 6.09. The lowest BCUT2D eigenvalue weighted by Crippen LogP contribution is -2.65. The first kappa shape index (κ1) is 19.8. The minimum Gasteiger partial charge on any atom is -0.339 e. The van der Waals surface area contributed by atoms with Crippen molar-refractivity contribution in [3.05, 3.63) is 29.3 Å². The molecule has 0 aliphatic carbocycles. The molecule has 2 fully saturated rings. The summed E-state index contributed by atoms with van der Waals surface area (Å²) in [5, 5.41) is 2.88. The van der Waals surface area contributed by atoms with Gasteiger partial charge in [0.25, 0.3) is 0 Å². The van der Waals surface area contributed by atoms with Crippen molar-refractivity contribution in [3.63, 3.8) is 0 Å². The molecule has 2 amide bonds. The van der Waals surface area contributed by atoms with Gasteiger partial charge >= 0.3 is 0 Å². The van der Waals surface area contributed by atoms with Gasteiger partial charge in [-0.3, -0.25) is 14.5 Å². The number of hydrogen-bond acceptors (Lipinski definition) is 4. The second-order valence-corrected chi connectivity index (χ2v) is 8.37. The number of carbonyl (C=O) groups excluding carboxylic acids is 2. The van der Waals surface area contributed by atoms with E-state index in [0.717, 1.165) is 55.8 Å². The zero-order valence-electron chi connectivity index (χ0n) is 17.0. The molecule has 0 radical (unpaired) electrons. The van der Waals surface area contributed by atoms with Gasteiger partial charge in [-0.2, -0.15) is 0 Å². The van der Waals surface area contributed by atoms with Crippen LogP contribution in [-0.2, 0) is 9.59 Å². The summed E-state index contributed by atoms with van der Waals surface area (Å²) in [6, 6.07) is 5.92. The zero-order chi connectivity index (χ0) is 19.6. The van der Waals surface area contributed by atoms with Crippen LogP contribution in [-0.4, -0.2) is 78.9 Å². The minimum absolute atomic E-state index is 0.0601. The lowest BCUT2D eigenvalue weighted by atomic mass is 9.84. The SMILES string of the molecule is Cc1cc(C)cc(NC(=O)CC(=O)N2CCN(C)C3(CCN(C)CC3)C2)c1. The molecule has 1 spiro atoms. The average molecular weight is 373 g/mol. The van der Waals surface area contributed by atoms with Gasteiger partial charge in [-0.05, 0) is 77.1 Å². The molecule has 1 aromatic carbocycles. The molecule has 0 bridgehead atoms. The quantitative estimate of drug-likeness (QED) is 0.823. The molecule has 2 aliphatic rings. The molecule has 1 aromatic rings. The number of likely N-dealkylation sites (tertiary alicyclic amines) is 1. The molecule has 0 atom stereocenters. The highest BCUT2D eigenvalue weighted by molar-refractivity contribution is 6.03. The van der Waals surface area contributed by atoms with Crippen molar-refractivity contribution in [2.75, 3.05) is 52.1 Å². The van der Waals surface area contributed by atoms with Gasteiger partial charge in [-0.15, -0.1) is 0 Å². The summed E-state index contributed by atoms with van der Waals surface area (Å²) in [5.74, 6) is -0.301. The van der Waals surface area contributed by atoms with Crippen LogP contribution in [0.5, 0.6) is 0 Å². The molecule has 1 N–H and O–H groups in total. The Hall–Kier alpha value is -1.92. The number of rotatable bonds is 3. The maximum absolute atomic E-state index is 12.8. The summed E-state index contributed by atoms with van der Waals surface area (Å²) in [6.07, 6.45) is 2.05. The van der Waals surface area contributed by atoms with Crippen molar-refractivity contribution in [1.29, 1.82) is 0 Å². The van der Waals surface area contributed by atoms with Gasteiger partial charge in [-0.25, -0.2) is 0 Å². The zero-order valence-corrected chi connectivity index (χ0v) is 17.0. The Labute approximate surface area is 162 Å². The number of hydrogen-bond donors (Lipinski definition) is 1. The number of piperazine rings is 1. The summed E-state index contributed by atoms with van der Waals surface area (Å²) in [4.78, 5) is 31.8. The second-order valence-electron chi connectivity index (χ2n) is 8.37. The van der Waals surface area contributed by atoms with E-state index in [4.69, 9.17) is 0 Å². The number of amides is 2. The van der Waals surface area contributed by atoms with E-state index in [1.165, 1.54) is 0 Å². The third-order valence-electron chi connectivity index (χ3n) is 6.09. The Morgan fingerprint density at radius 2 is 1.63 bits per heavy atom. The molecule has 3 rings (SSSR count). The van der Waals surface area contributed by atoms with Crippen LogP contribution >= 0.6 is 0 Å². The van der Waals surface area contributed by atoms with Crippen LogP contribution in [0.25, 0.3) is 0 Å². The van der Waals surface area contributed by atoms with E-state index in [2.05, 4.69) is 35.3 Å². The molecule has 2 aliphatic heterocycles. The van der Waals surface area contributed by atoms with E-state index in [1.807, 2.05) is 30.9 Å². The van der Waals surface area contributed by atoms with Gasteiger partial charge in [0.2, 0.25) is 11.8 Å². The average Bonchev–Trinajstić information content (AvgIpc) is 2.58. The first-order valence-corrected chi connectivity index (χ1v) is 9.83. The Balaban J connectivity index is 1.59. The van der Waals surface area contributed by atoms with Crippen molar-refractivity contribution in [3.8, 4) is 0 Å². The molecule has 2 heterocycles. The monoisotopic (exact) mass is 372 g/mol. The maximum atomic E-state index is 12.8. The van der Waals surface area contributed by atoms with Crippen LogP contribution in [0.1, 0.15) is 30.4 Å². The Kier molecular flexibility index (Phi) is 5.86. The first-order valence-electron chi connectivity index (χ1n) is 9.83. The lowest BCUT2D eigenvalue weighted by molar-refractivity contribution is -0.140. The molecular weight excluding hydrogens is 340 g/mol. The second kappa shape index (κ2) is 7.98. The summed E-state index contributed by atoms with van der Waals surface area (Å²) in [5.41, 5.74) is 3.01. The number of anilines is 1. The van der Waals surface area contributed by atoms with Crippen molar-refractivity contribution >= 4 is 17.5 Å². The molecule has 148 valence electrons. The van der Waals surface area contributed by atoms with Crippen LogP contribution in [0.3, 0.4) is 0 Å². The van der Waals surface area contributed by atoms with E-state index in [1.54, 1.807) is 0 Å². The van der Waals surface area contributed by atoms with Gasteiger partial charge in [0.1, 0.15) is 6.42 Å². The fourth-order valence-corrected chi connectivity index (χ4v) is 4.35. The van der Waals surface area contributed by atoms with E-state index >= 15 is 0 Å².